The first kappa shape index (κ1) is 13.1. The van der Waals surface area contributed by atoms with Gasteiger partial charge in [-0.2, -0.15) is 0 Å². The number of nitrogens with zero attached hydrogens (tertiary/aromatic N) is 1. The molecular formula is C14H25NO2. The van der Waals surface area contributed by atoms with E-state index in [-0.39, 0.29) is 0 Å². The van der Waals surface area contributed by atoms with Crippen molar-refractivity contribution in [2.75, 3.05) is 32.8 Å². The van der Waals surface area contributed by atoms with Gasteiger partial charge in [-0.1, -0.05) is 12.2 Å². The van der Waals surface area contributed by atoms with E-state index in [1.165, 1.54) is 12.0 Å². The summed E-state index contributed by atoms with van der Waals surface area (Å²) in [6.07, 6.45) is 3.12. The zero-order valence-corrected chi connectivity index (χ0v) is 11.2. The summed E-state index contributed by atoms with van der Waals surface area (Å²) in [6.45, 7) is 13.3. The lowest BCUT2D eigenvalue weighted by molar-refractivity contribution is -0.0869. The van der Waals surface area contributed by atoms with Crippen LogP contribution < -0.4 is 0 Å². The number of hydrogen-bond acceptors (Lipinski definition) is 3. The first-order valence-corrected chi connectivity index (χ1v) is 6.78. The molecule has 3 unspecified atom stereocenters. The highest BCUT2D eigenvalue weighted by atomic mass is 16.5. The quantitative estimate of drug-likeness (QED) is 0.704. The van der Waals surface area contributed by atoms with E-state index in [9.17, 15) is 0 Å². The third-order valence-electron chi connectivity index (χ3n) is 3.91. The minimum absolute atomic E-state index is 0.328. The molecule has 3 nitrogen and oxygen atoms in total. The van der Waals surface area contributed by atoms with Crippen LogP contribution in [0, 0.1) is 5.92 Å². The monoisotopic (exact) mass is 239 g/mol. The van der Waals surface area contributed by atoms with Crippen molar-refractivity contribution in [3.8, 4) is 0 Å². The molecule has 0 aliphatic carbocycles. The van der Waals surface area contributed by atoms with Crippen molar-refractivity contribution in [1.82, 2.24) is 4.90 Å². The van der Waals surface area contributed by atoms with Crippen LogP contribution in [0.3, 0.4) is 0 Å². The highest BCUT2D eigenvalue weighted by Crippen LogP contribution is 2.30. The summed E-state index contributed by atoms with van der Waals surface area (Å²) < 4.78 is 11.5. The Bertz CT molecular complexity index is 261. The maximum Gasteiger partial charge on any atom is 0.0770 e. The van der Waals surface area contributed by atoms with Crippen LogP contribution in [-0.2, 0) is 9.47 Å². The maximum absolute atomic E-state index is 6.12. The fourth-order valence-electron chi connectivity index (χ4n) is 2.83. The molecule has 0 amide bonds. The Labute approximate surface area is 105 Å². The van der Waals surface area contributed by atoms with Crippen molar-refractivity contribution < 1.29 is 9.47 Å². The van der Waals surface area contributed by atoms with Crippen molar-refractivity contribution >= 4 is 0 Å². The Kier molecular flexibility index (Phi) is 4.60. The van der Waals surface area contributed by atoms with Gasteiger partial charge < -0.3 is 9.47 Å². The Morgan fingerprint density at radius 2 is 2.00 bits per heavy atom. The largest absolute Gasteiger partial charge is 0.379 e. The Hall–Kier alpha value is -0.380. The van der Waals surface area contributed by atoms with Crippen LogP contribution in [0.2, 0.25) is 0 Å². The molecule has 0 aromatic heterocycles. The molecule has 2 rings (SSSR count). The Balaban J connectivity index is 1.92. The summed E-state index contributed by atoms with van der Waals surface area (Å²) in [6, 6.07) is 0. The summed E-state index contributed by atoms with van der Waals surface area (Å²) in [7, 11) is 0. The number of morpholine rings is 1. The fraction of sp³-hybridized carbons (Fsp3) is 0.857. The molecule has 98 valence electrons. The summed E-state index contributed by atoms with van der Waals surface area (Å²) in [4.78, 5) is 2.46. The van der Waals surface area contributed by atoms with Gasteiger partial charge >= 0.3 is 0 Å². The van der Waals surface area contributed by atoms with Gasteiger partial charge in [0.25, 0.3) is 0 Å². The summed E-state index contributed by atoms with van der Waals surface area (Å²) in [5.41, 5.74) is 1.27. The first-order chi connectivity index (χ1) is 8.16. The molecule has 2 fully saturated rings. The maximum atomic E-state index is 6.12. The molecular weight excluding hydrogens is 214 g/mol. The average molecular weight is 239 g/mol. The molecule has 2 aliphatic heterocycles. The second-order valence-corrected chi connectivity index (χ2v) is 5.43. The Morgan fingerprint density at radius 3 is 2.65 bits per heavy atom. The van der Waals surface area contributed by atoms with E-state index < -0.39 is 0 Å². The second-order valence-electron chi connectivity index (χ2n) is 5.43. The third kappa shape index (κ3) is 3.54. The van der Waals surface area contributed by atoms with Crippen LogP contribution in [-0.4, -0.2) is 50.0 Å². The molecule has 2 saturated heterocycles. The normalized spacial score (nSPS) is 35.8. The van der Waals surface area contributed by atoms with Crippen molar-refractivity contribution in [3.05, 3.63) is 12.2 Å². The van der Waals surface area contributed by atoms with Crippen LogP contribution in [0.4, 0.5) is 0 Å². The minimum atomic E-state index is 0.328. The lowest BCUT2D eigenvalue weighted by atomic mass is 9.86. The van der Waals surface area contributed by atoms with Gasteiger partial charge in [0.15, 0.2) is 0 Å². The van der Waals surface area contributed by atoms with Crippen LogP contribution in [0.1, 0.15) is 26.7 Å². The number of hydrogen-bond donors (Lipinski definition) is 0. The average Bonchev–Trinajstić information content (AvgIpc) is 2.30. The molecule has 0 saturated carbocycles. The Morgan fingerprint density at radius 1 is 1.29 bits per heavy atom. The van der Waals surface area contributed by atoms with Gasteiger partial charge in [0, 0.05) is 25.6 Å². The van der Waals surface area contributed by atoms with Crippen LogP contribution >= 0.6 is 0 Å². The van der Waals surface area contributed by atoms with Gasteiger partial charge in [-0.25, -0.2) is 0 Å². The predicted octanol–water partition coefficient (Wildman–Crippen LogP) is 2.08. The van der Waals surface area contributed by atoms with E-state index in [2.05, 4.69) is 25.3 Å². The molecule has 3 heteroatoms. The zero-order valence-electron chi connectivity index (χ0n) is 11.2. The lowest BCUT2D eigenvalue weighted by Gasteiger charge is -2.39. The molecule has 0 aromatic rings. The van der Waals surface area contributed by atoms with Crippen LogP contribution in [0.5, 0.6) is 0 Å². The summed E-state index contributed by atoms with van der Waals surface area (Å²) in [5.74, 6) is 0.536. The molecule has 0 radical (unpaired) electrons. The van der Waals surface area contributed by atoms with Crippen molar-refractivity contribution in [2.24, 2.45) is 5.92 Å². The van der Waals surface area contributed by atoms with Gasteiger partial charge in [-0.15, -0.1) is 0 Å². The van der Waals surface area contributed by atoms with E-state index in [1.54, 1.807) is 0 Å². The second kappa shape index (κ2) is 5.98. The first-order valence-electron chi connectivity index (χ1n) is 6.78. The van der Waals surface area contributed by atoms with Crippen LogP contribution in [0.15, 0.2) is 12.2 Å². The molecule has 2 heterocycles. The predicted molar refractivity (Wildman–Crippen MR) is 69.1 cm³/mol. The highest BCUT2D eigenvalue weighted by molar-refractivity contribution is 5.02. The molecule has 2 aliphatic rings. The van der Waals surface area contributed by atoms with Gasteiger partial charge in [0.05, 0.1) is 25.4 Å². The standard InChI is InChI=1S/C14H25NO2/c1-11(2)13-5-4-12(3)17-14(13)10-15-6-8-16-9-7-15/h12-14H,1,4-10H2,2-3H3. The fourth-order valence-corrected chi connectivity index (χ4v) is 2.83. The molecule has 0 spiro atoms. The number of rotatable bonds is 3. The van der Waals surface area contributed by atoms with Gasteiger partial charge in [-0.3, -0.25) is 4.90 Å². The smallest absolute Gasteiger partial charge is 0.0770 e. The SMILES string of the molecule is C=C(C)C1CCC(C)OC1CN1CCOCC1. The molecule has 0 N–H and O–H groups in total. The van der Waals surface area contributed by atoms with E-state index >= 15 is 0 Å². The third-order valence-corrected chi connectivity index (χ3v) is 3.91. The van der Waals surface area contributed by atoms with Gasteiger partial charge in [0.2, 0.25) is 0 Å². The van der Waals surface area contributed by atoms with Crippen molar-refractivity contribution in [1.29, 1.82) is 0 Å². The number of ether oxygens (including phenoxy) is 2. The topological polar surface area (TPSA) is 21.7 Å². The van der Waals surface area contributed by atoms with E-state index in [1.807, 2.05) is 0 Å². The van der Waals surface area contributed by atoms with E-state index in [0.717, 1.165) is 39.3 Å². The molecule has 17 heavy (non-hydrogen) atoms. The minimum Gasteiger partial charge on any atom is -0.379 e. The van der Waals surface area contributed by atoms with E-state index in [0.29, 0.717) is 18.1 Å². The molecule has 0 aromatic carbocycles. The van der Waals surface area contributed by atoms with Gasteiger partial charge in [-0.05, 0) is 26.7 Å². The van der Waals surface area contributed by atoms with Crippen molar-refractivity contribution in [3.63, 3.8) is 0 Å². The molecule has 3 atom stereocenters. The summed E-state index contributed by atoms with van der Waals surface area (Å²) in [5, 5.41) is 0. The van der Waals surface area contributed by atoms with Crippen molar-refractivity contribution in [2.45, 2.75) is 38.9 Å². The summed E-state index contributed by atoms with van der Waals surface area (Å²) >= 11 is 0. The van der Waals surface area contributed by atoms with Gasteiger partial charge in [0.1, 0.15) is 0 Å². The highest BCUT2D eigenvalue weighted by Gasteiger charge is 2.31. The molecule has 0 bridgehead atoms. The lowest BCUT2D eigenvalue weighted by Crippen LogP contribution is -2.46. The van der Waals surface area contributed by atoms with E-state index in [4.69, 9.17) is 9.47 Å². The van der Waals surface area contributed by atoms with Crippen LogP contribution in [0.25, 0.3) is 0 Å². The zero-order chi connectivity index (χ0) is 12.3.